The van der Waals surface area contributed by atoms with Gasteiger partial charge in [0.05, 0.1) is 6.61 Å². The summed E-state index contributed by atoms with van der Waals surface area (Å²) >= 11 is 0. The van der Waals surface area contributed by atoms with E-state index >= 15 is 0 Å². The second-order valence-corrected chi connectivity index (χ2v) is 2.72. The standard InChI is InChI=1S/C10H18O2/c1-2-3-4-5-6-7-8-9-12-10-11/h4-5,10H,2-3,6-9H2,1H3/b5-4+. The van der Waals surface area contributed by atoms with E-state index in [-0.39, 0.29) is 0 Å². The van der Waals surface area contributed by atoms with Crippen LogP contribution in [0.25, 0.3) is 0 Å². The number of carbonyl (C=O) groups is 1. The highest BCUT2D eigenvalue weighted by Gasteiger charge is 1.85. The molecule has 2 heteroatoms. The summed E-state index contributed by atoms with van der Waals surface area (Å²) in [6, 6.07) is 0. The number of rotatable bonds is 8. The van der Waals surface area contributed by atoms with Crippen LogP contribution in [0.3, 0.4) is 0 Å². The second kappa shape index (κ2) is 10.2. The first kappa shape index (κ1) is 11.2. The maximum atomic E-state index is 9.74. The summed E-state index contributed by atoms with van der Waals surface area (Å²) in [4.78, 5) is 9.74. The molecule has 0 atom stereocenters. The fourth-order valence-electron chi connectivity index (χ4n) is 0.898. The first-order valence-electron chi connectivity index (χ1n) is 4.62. The third-order valence-corrected chi connectivity index (χ3v) is 1.57. The van der Waals surface area contributed by atoms with Crippen LogP contribution in [0.4, 0.5) is 0 Å². The lowest BCUT2D eigenvalue weighted by molar-refractivity contribution is -0.128. The minimum atomic E-state index is 0.507. The summed E-state index contributed by atoms with van der Waals surface area (Å²) in [7, 11) is 0. The van der Waals surface area contributed by atoms with E-state index in [0.717, 1.165) is 19.3 Å². The number of hydrogen-bond acceptors (Lipinski definition) is 2. The molecule has 0 rings (SSSR count). The normalized spacial score (nSPS) is 10.4. The minimum Gasteiger partial charge on any atom is -0.468 e. The second-order valence-electron chi connectivity index (χ2n) is 2.72. The van der Waals surface area contributed by atoms with E-state index in [9.17, 15) is 4.79 Å². The minimum absolute atomic E-state index is 0.507. The van der Waals surface area contributed by atoms with Gasteiger partial charge in [-0.3, -0.25) is 4.79 Å². The predicted octanol–water partition coefficient (Wildman–Crippen LogP) is 2.69. The maximum Gasteiger partial charge on any atom is 0.293 e. The van der Waals surface area contributed by atoms with Gasteiger partial charge >= 0.3 is 0 Å². The molecule has 0 aliphatic rings. The highest BCUT2D eigenvalue weighted by atomic mass is 16.5. The van der Waals surface area contributed by atoms with Gasteiger partial charge in [-0.25, -0.2) is 0 Å². The lowest BCUT2D eigenvalue weighted by Gasteiger charge is -1.95. The van der Waals surface area contributed by atoms with Crippen molar-refractivity contribution in [2.45, 2.75) is 39.0 Å². The van der Waals surface area contributed by atoms with Gasteiger partial charge < -0.3 is 4.74 Å². The average molecular weight is 170 g/mol. The Kier molecular flexibility index (Phi) is 9.54. The van der Waals surface area contributed by atoms with Gasteiger partial charge in [-0.15, -0.1) is 0 Å². The number of ether oxygens (including phenoxy) is 1. The molecular formula is C10H18O2. The molecule has 12 heavy (non-hydrogen) atoms. The Bertz CT molecular complexity index is 119. The van der Waals surface area contributed by atoms with Crippen molar-refractivity contribution in [1.82, 2.24) is 0 Å². The summed E-state index contributed by atoms with van der Waals surface area (Å²) < 4.78 is 4.56. The van der Waals surface area contributed by atoms with Crippen molar-refractivity contribution in [3.8, 4) is 0 Å². The molecule has 0 N–H and O–H groups in total. The fourth-order valence-corrected chi connectivity index (χ4v) is 0.898. The Morgan fingerprint density at radius 1 is 1.17 bits per heavy atom. The maximum absolute atomic E-state index is 9.74. The van der Waals surface area contributed by atoms with Crippen LogP contribution in [0.2, 0.25) is 0 Å². The summed E-state index contributed by atoms with van der Waals surface area (Å²) in [6.07, 6.45) is 9.96. The van der Waals surface area contributed by atoms with Crippen molar-refractivity contribution >= 4 is 6.47 Å². The van der Waals surface area contributed by atoms with E-state index in [1.54, 1.807) is 0 Å². The van der Waals surface area contributed by atoms with Crippen LogP contribution in [-0.2, 0) is 9.53 Å². The smallest absolute Gasteiger partial charge is 0.293 e. The van der Waals surface area contributed by atoms with E-state index < -0.39 is 0 Å². The molecule has 0 aromatic rings. The van der Waals surface area contributed by atoms with E-state index in [4.69, 9.17) is 0 Å². The zero-order valence-electron chi connectivity index (χ0n) is 7.79. The largest absolute Gasteiger partial charge is 0.468 e. The molecule has 0 heterocycles. The van der Waals surface area contributed by atoms with Crippen molar-refractivity contribution in [3.05, 3.63) is 12.2 Å². The van der Waals surface area contributed by atoms with Crippen LogP contribution >= 0.6 is 0 Å². The van der Waals surface area contributed by atoms with Gasteiger partial charge in [0.1, 0.15) is 0 Å². The molecule has 0 aliphatic carbocycles. The van der Waals surface area contributed by atoms with Crippen LogP contribution in [0, 0.1) is 0 Å². The summed E-state index contributed by atoms with van der Waals surface area (Å²) in [5.41, 5.74) is 0. The third kappa shape index (κ3) is 9.21. The topological polar surface area (TPSA) is 26.3 Å². The number of hydrogen-bond donors (Lipinski definition) is 0. The fraction of sp³-hybridized carbons (Fsp3) is 0.700. The monoisotopic (exact) mass is 170 g/mol. The van der Waals surface area contributed by atoms with Gasteiger partial charge in [-0.2, -0.15) is 0 Å². The zero-order chi connectivity index (χ0) is 9.07. The van der Waals surface area contributed by atoms with E-state index in [2.05, 4.69) is 23.8 Å². The van der Waals surface area contributed by atoms with Gasteiger partial charge in [-0.05, 0) is 25.7 Å². The lowest BCUT2D eigenvalue weighted by Crippen LogP contribution is -1.90. The first-order chi connectivity index (χ1) is 5.91. The van der Waals surface area contributed by atoms with Crippen LogP contribution in [0.15, 0.2) is 12.2 Å². The van der Waals surface area contributed by atoms with Crippen LogP contribution < -0.4 is 0 Å². The third-order valence-electron chi connectivity index (χ3n) is 1.57. The van der Waals surface area contributed by atoms with Crippen LogP contribution in [-0.4, -0.2) is 13.1 Å². The molecule has 0 radical (unpaired) electrons. The Balaban J connectivity index is 2.94. The molecule has 0 fully saturated rings. The van der Waals surface area contributed by atoms with Gasteiger partial charge in [0.25, 0.3) is 6.47 Å². The molecule has 70 valence electrons. The molecule has 0 saturated heterocycles. The molecular weight excluding hydrogens is 152 g/mol. The summed E-state index contributed by atoms with van der Waals surface area (Å²) in [6.45, 7) is 3.24. The highest BCUT2D eigenvalue weighted by Crippen LogP contribution is 1.98. The molecule has 0 bridgehead atoms. The summed E-state index contributed by atoms with van der Waals surface area (Å²) in [5, 5.41) is 0. The average Bonchev–Trinajstić information content (AvgIpc) is 2.10. The first-order valence-corrected chi connectivity index (χ1v) is 4.62. The Morgan fingerprint density at radius 2 is 1.92 bits per heavy atom. The molecule has 0 unspecified atom stereocenters. The molecule has 0 saturated carbocycles. The van der Waals surface area contributed by atoms with E-state index in [0.29, 0.717) is 13.1 Å². The molecule has 0 spiro atoms. The molecule has 0 aliphatic heterocycles. The molecule has 0 amide bonds. The number of allylic oxidation sites excluding steroid dienone is 2. The van der Waals surface area contributed by atoms with Crippen molar-refractivity contribution in [1.29, 1.82) is 0 Å². The van der Waals surface area contributed by atoms with E-state index in [1.165, 1.54) is 12.8 Å². The van der Waals surface area contributed by atoms with Gasteiger partial charge in [0, 0.05) is 0 Å². The lowest BCUT2D eigenvalue weighted by atomic mass is 10.2. The van der Waals surface area contributed by atoms with Crippen molar-refractivity contribution < 1.29 is 9.53 Å². The molecule has 0 aromatic heterocycles. The van der Waals surface area contributed by atoms with E-state index in [1.807, 2.05) is 0 Å². The quantitative estimate of drug-likeness (QED) is 0.318. The highest BCUT2D eigenvalue weighted by molar-refractivity contribution is 5.36. The van der Waals surface area contributed by atoms with Crippen molar-refractivity contribution in [2.75, 3.05) is 6.61 Å². The molecule has 2 nitrogen and oxygen atoms in total. The SMILES string of the molecule is CCC/C=C/CCCCOC=O. The zero-order valence-corrected chi connectivity index (χ0v) is 7.79. The Morgan fingerprint density at radius 3 is 2.58 bits per heavy atom. The Labute approximate surface area is 74.6 Å². The predicted molar refractivity (Wildman–Crippen MR) is 49.9 cm³/mol. The van der Waals surface area contributed by atoms with Crippen LogP contribution in [0.1, 0.15) is 39.0 Å². The van der Waals surface area contributed by atoms with Crippen molar-refractivity contribution in [3.63, 3.8) is 0 Å². The van der Waals surface area contributed by atoms with Crippen molar-refractivity contribution in [2.24, 2.45) is 0 Å². The number of unbranched alkanes of at least 4 members (excludes halogenated alkanes) is 3. The van der Waals surface area contributed by atoms with Crippen LogP contribution in [0.5, 0.6) is 0 Å². The van der Waals surface area contributed by atoms with Gasteiger partial charge in [-0.1, -0.05) is 25.5 Å². The summed E-state index contributed by atoms with van der Waals surface area (Å²) in [5.74, 6) is 0. The Hall–Kier alpha value is -0.790. The number of carbonyl (C=O) groups excluding carboxylic acids is 1. The van der Waals surface area contributed by atoms with Gasteiger partial charge in [0.15, 0.2) is 0 Å². The van der Waals surface area contributed by atoms with Gasteiger partial charge in [0.2, 0.25) is 0 Å². The molecule has 0 aromatic carbocycles.